The minimum atomic E-state index is -3.56. The Kier molecular flexibility index (Phi) is 5.23. The van der Waals surface area contributed by atoms with Crippen LogP contribution in [0.25, 0.3) is 0 Å². The summed E-state index contributed by atoms with van der Waals surface area (Å²) < 4.78 is 24.7. The van der Waals surface area contributed by atoms with Crippen molar-refractivity contribution in [2.24, 2.45) is 11.7 Å². The van der Waals surface area contributed by atoms with Gasteiger partial charge in [-0.15, -0.1) is 0 Å². The standard InChI is InChI=1S/C9H20N2O3S/c1-5-7(4)8(10)9(12)11-15(13,14)6(2)3/h6-8H,5,10H2,1-4H3,(H,11,12)/t7?,8-/m0/s1. The van der Waals surface area contributed by atoms with Crippen molar-refractivity contribution in [1.82, 2.24) is 4.72 Å². The summed E-state index contributed by atoms with van der Waals surface area (Å²) in [6, 6.07) is -0.775. The molecule has 15 heavy (non-hydrogen) atoms. The number of hydrogen-bond donors (Lipinski definition) is 2. The Morgan fingerprint density at radius 3 is 2.13 bits per heavy atom. The number of hydrogen-bond acceptors (Lipinski definition) is 4. The minimum absolute atomic E-state index is 0.0348. The number of amides is 1. The van der Waals surface area contributed by atoms with E-state index in [1.54, 1.807) is 0 Å². The largest absolute Gasteiger partial charge is 0.320 e. The molecule has 0 heterocycles. The molecule has 0 saturated heterocycles. The summed E-state index contributed by atoms with van der Waals surface area (Å²) in [4.78, 5) is 11.4. The SMILES string of the molecule is CCC(C)[C@H](N)C(=O)NS(=O)(=O)C(C)C. The lowest BCUT2D eigenvalue weighted by molar-refractivity contribution is -0.121. The van der Waals surface area contributed by atoms with Gasteiger partial charge in [0.05, 0.1) is 11.3 Å². The van der Waals surface area contributed by atoms with Crippen LogP contribution in [0, 0.1) is 5.92 Å². The van der Waals surface area contributed by atoms with E-state index in [2.05, 4.69) is 0 Å². The Morgan fingerprint density at radius 2 is 1.80 bits per heavy atom. The molecule has 0 aliphatic heterocycles. The predicted molar refractivity (Wildman–Crippen MR) is 59.6 cm³/mol. The molecule has 0 bridgehead atoms. The fraction of sp³-hybridized carbons (Fsp3) is 0.889. The van der Waals surface area contributed by atoms with Gasteiger partial charge in [-0.25, -0.2) is 8.42 Å². The van der Waals surface area contributed by atoms with Crippen LogP contribution in [0.4, 0.5) is 0 Å². The second kappa shape index (κ2) is 5.46. The van der Waals surface area contributed by atoms with Crippen LogP contribution in [-0.2, 0) is 14.8 Å². The molecule has 0 aromatic carbocycles. The Morgan fingerprint density at radius 1 is 1.33 bits per heavy atom. The molecule has 2 atom stereocenters. The summed E-state index contributed by atoms with van der Waals surface area (Å²) >= 11 is 0. The molecule has 0 aromatic heterocycles. The van der Waals surface area contributed by atoms with Gasteiger partial charge in [0.15, 0.2) is 0 Å². The van der Waals surface area contributed by atoms with Gasteiger partial charge in [-0.3, -0.25) is 9.52 Å². The highest BCUT2D eigenvalue weighted by Gasteiger charge is 2.25. The molecule has 1 amide bonds. The fourth-order valence-electron chi connectivity index (χ4n) is 0.838. The molecule has 5 nitrogen and oxygen atoms in total. The monoisotopic (exact) mass is 236 g/mol. The lowest BCUT2D eigenvalue weighted by Gasteiger charge is -2.18. The van der Waals surface area contributed by atoms with E-state index < -0.39 is 27.2 Å². The van der Waals surface area contributed by atoms with Gasteiger partial charge in [0, 0.05) is 0 Å². The second-order valence-corrected chi connectivity index (χ2v) is 6.21. The molecule has 0 spiro atoms. The molecule has 0 aliphatic rings. The molecule has 0 fully saturated rings. The zero-order valence-corrected chi connectivity index (χ0v) is 10.5. The van der Waals surface area contributed by atoms with Crippen LogP contribution in [0.2, 0.25) is 0 Å². The molecule has 0 radical (unpaired) electrons. The molecule has 3 N–H and O–H groups in total. The summed E-state index contributed by atoms with van der Waals surface area (Å²) in [5, 5.41) is -0.634. The smallest absolute Gasteiger partial charge is 0.250 e. The van der Waals surface area contributed by atoms with Crippen LogP contribution >= 0.6 is 0 Å². The van der Waals surface area contributed by atoms with E-state index in [0.29, 0.717) is 0 Å². The van der Waals surface area contributed by atoms with Gasteiger partial charge < -0.3 is 5.73 Å². The first-order valence-corrected chi connectivity index (χ1v) is 6.58. The van der Waals surface area contributed by atoms with Crippen LogP contribution < -0.4 is 10.5 Å². The summed E-state index contributed by atoms with van der Waals surface area (Å²) in [6.07, 6.45) is 0.732. The van der Waals surface area contributed by atoms with Crippen molar-refractivity contribution in [2.75, 3.05) is 0 Å². The Bertz CT molecular complexity index is 311. The molecule has 90 valence electrons. The topological polar surface area (TPSA) is 89.3 Å². The van der Waals surface area contributed by atoms with E-state index in [1.165, 1.54) is 13.8 Å². The second-order valence-electron chi connectivity index (χ2n) is 3.97. The third-order valence-electron chi connectivity index (χ3n) is 2.42. The van der Waals surface area contributed by atoms with Crippen molar-refractivity contribution in [3.8, 4) is 0 Å². The van der Waals surface area contributed by atoms with E-state index in [4.69, 9.17) is 5.73 Å². The first-order valence-electron chi connectivity index (χ1n) is 5.03. The normalized spacial score (nSPS) is 16.1. The molecule has 6 heteroatoms. The van der Waals surface area contributed by atoms with Crippen LogP contribution in [0.15, 0.2) is 0 Å². The summed E-state index contributed by atoms with van der Waals surface area (Å²) in [7, 11) is -3.56. The van der Waals surface area contributed by atoms with E-state index in [-0.39, 0.29) is 5.92 Å². The molecule has 0 rings (SSSR count). The van der Waals surface area contributed by atoms with Gasteiger partial charge in [0.1, 0.15) is 0 Å². The zero-order valence-electron chi connectivity index (χ0n) is 9.65. The number of nitrogens with two attached hydrogens (primary N) is 1. The number of carbonyl (C=O) groups excluding carboxylic acids is 1. The minimum Gasteiger partial charge on any atom is -0.320 e. The van der Waals surface area contributed by atoms with Crippen molar-refractivity contribution in [2.45, 2.75) is 45.4 Å². The summed E-state index contributed by atoms with van der Waals surface area (Å²) in [5.41, 5.74) is 5.60. The predicted octanol–water partition coefficient (Wildman–Crippen LogP) is 0.214. The van der Waals surface area contributed by atoms with Crippen LogP contribution in [0.5, 0.6) is 0 Å². The average molecular weight is 236 g/mol. The molecule has 0 aliphatic carbocycles. The summed E-state index contributed by atoms with van der Waals surface area (Å²) in [5.74, 6) is -0.662. The van der Waals surface area contributed by atoms with Crippen molar-refractivity contribution in [3.63, 3.8) is 0 Å². The van der Waals surface area contributed by atoms with E-state index in [0.717, 1.165) is 6.42 Å². The number of nitrogens with one attached hydrogen (secondary N) is 1. The Balaban J connectivity index is 4.51. The van der Waals surface area contributed by atoms with Gasteiger partial charge in [0.2, 0.25) is 10.0 Å². The lowest BCUT2D eigenvalue weighted by Crippen LogP contribution is -2.48. The summed E-state index contributed by atoms with van der Waals surface area (Å²) in [6.45, 7) is 6.72. The number of rotatable bonds is 5. The maximum absolute atomic E-state index is 11.4. The fourth-order valence-corrected chi connectivity index (χ4v) is 1.49. The average Bonchev–Trinajstić information content (AvgIpc) is 2.14. The van der Waals surface area contributed by atoms with Crippen LogP contribution in [0.1, 0.15) is 34.1 Å². The number of sulfonamides is 1. The van der Waals surface area contributed by atoms with Gasteiger partial charge in [-0.2, -0.15) is 0 Å². The highest BCUT2D eigenvalue weighted by Crippen LogP contribution is 2.06. The van der Waals surface area contributed by atoms with Crippen molar-refractivity contribution < 1.29 is 13.2 Å². The maximum atomic E-state index is 11.4. The Hall–Kier alpha value is -0.620. The zero-order chi connectivity index (χ0) is 12.2. The maximum Gasteiger partial charge on any atom is 0.250 e. The molecule has 0 aromatic rings. The third-order valence-corrected chi connectivity index (χ3v) is 4.15. The van der Waals surface area contributed by atoms with E-state index in [1.807, 2.05) is 18.6 Å². The molecule has 0 saturated carbocycles. The van der Waals surface area contributed by atoms with Gasteiger partial charge in [-0.1, -0.05) is 20.3 Å². The van der Waals surface area contributed by atoms with Gasteiger partial charge >= 0.3 is 0 Å². The van der Waals surface area contributed by atoms with E-state index >= 15 is 0 Å². The lowest BCUT2D eigenvalue weighted by atomic mass is 10.00. The van der Waals surface area contributed by atoms with Crippen LogP contribution in [0.3, 0.4) is 0 Å². The molecular weight excluding hydrogens is 216 g/mol. The highest BCUT2D eigenvalue weighted by atomic mass is 32.2. The molecule has 1 unspecified atom stereocenters. The Labute approximate surface area is 91.5 Å². The van der Waals surface area contributed by atoms with Crippen molar-refractivity contribution in [1.29, 1.82) is 0 Å². The van der Waals surface area contributed by atoms with Gasteiger partial charge in [-0.05, 0) is 19.8 Å². The quantitative estimate of drug-likeness (QED) is 0.714. The van der Waals surface area contributed by atoms with Gasteiger partial charge in [0.25, 0.3) is 5.91 Å². The molecular formula is C9H20N2O3S. The van der Waals surface area contributed by atoms with Crippen LogP contribution in [-0.4, -0.2) is 25.6 Å². The van der Waals surface area contributed by atoms with Crippen molar-refractivity contribution >= 4 is 15.9 Å². The number of carbonyl (C=O) groups is 1. The van der Waals surface area contributed by atoms with Crippen molar-refractivity contribution in [3.05, 3.63) is 0 Å². The highest BCUT2D eigenvalue weighted by molar-refractivity contribution is 7.90. The van der Waals surface area contributed by atoms with E-state index in [9.17, 15) is 13.2 Å². The third kappa shape index (κ3) is 4.17. The first kappa shape index (κ1) is 14.4. The first-order chi connectivity index (χ1) is 6.72.